The Bertz CT molecular complexity index is 1030. The van der Waals surface area contributed by atoms with Crippen molar-refractivity contribution in [2.75, 3.05) is 44.3 Å². The highest BCUT2D eigenvalue weighted by molar-refractivity contribution is 7.99. The Kier molecular flexibility index (Phi) is 9.19. The molecule has 2 aliphatic heterocycles. The van der Waals surface area contributed by atoms with Gasteiger partial charge in [0.15, 0.2) is 0 Å². The van der Waals surface area contributed by atoms with Crippen LogP contribution in [-0.4, -0.2) is 56.4 Å². The van der Waals surface area contributed by atoms with Gasteiger partial charge >= 0.3 is 12.1 Å². The number of ether oxygens (including phenoxy) is 2. The zero-order chi connectivity index (χ0) is 25.5. The van der Waals surface area contributed by atoms with E-state index in [1.54, 1.807) is 6.07 Å². The van der Waals surface area contributed by atoms with Crippen LogP contribution in [0.5, 0.6) is 0 Å². The molecule has 4 rings (SSSR count). The van der Waals surface area contributed by atoms with E-state index < -0.39 is 11.7 Å². The van der Waals surface area contributed by atoms with Gasteiger partial charge in [0, 0.05) is 43.0 Å². The lowest BCUT2D eigenvalue weighted by atomic mass is 10.1. The Morgan fingerprint density at radius 1 is 0.972 bits per heavy atom. The third-order valence-corrected chi connectivity index (χ3v) is 7.67. The summed E-state index contributed by atoms with van der Waals surface area (Å²) in [5, 5.41) is 0. The number of carbonyl (C=O) groups excluding carboxylic acids is 1. The summed E-state index contributed by atoms with van der Waals surface area (Å²) in [6.45, 7) is 6.01. The van der Waals surface area contributed by atoms with Gasteiger partial charge < -0.3 is 19.3 Å². The van der Waals surface area contributed by atoms with Crippen molar-refractivity contribution in [3.8, 4) is 0 Å². The highest BCUT2D eigenvalue weighted by atomic mass is 32.2. The van der Waals surface area contributed by atoms with Crippen LogP contribution < -0.4 is 4.90 Å². The summed E-state index contributed by atoms with van der Waals surface area (Å²) in [6, 6.07) is 12.0. The van der Waals surface area contributed by atoms with Crippen molar-refractivity contribution >= 4 is 29.1 Å². The SMILES string of the molecule is CC(=O)OCCCCOC1CCN(CCCN2c3ccccc3Sc3ccc(C(F)(F)F)cc32)CC1. The number of hydrogen-bond acceptors (Lipinski definition) is 6. The first kappa shape index (κ1) is 26.8. The largest absolute Gasteiger partial charge is 0.466 e. The quantitative estimate of drug-likeness (QED) is 0.261. The second-order valence-corrected chi connectivity index (χ2v) is 10.3. The number of nitrogens with zero attached hydrogens (tertiary/aromatic N) is 2. The Morgan fingerprint density at radius 2 is 1.69 bits per heavy atom. The summed E-state index contributed by atoms with van der Waals surface area (Å²) in [7, 11) is 0. The molecule has 0 atom stereocenters. The number of alkyl halides is 3. The number of likely N-dealkylation sites (tertiary alicyclic amines) is 1. The zero-order valence-corrected chi connectivity index (χ0v) is 21.4. The van der Waals surface area contributed by atoms with Crippen LogP contribution >= 0.6 is 11.8 Å². The molecule has 2 aromatic carbocycles. The monoisotopic (exact) mass is 522 g/mol. The minimum absolute atomic E-state index is 0.248. The first-order valence-electron chi connectivity index (χ1n) is 12.5. The standard InChI is InChI=1S/C27H33F3N2O3S/c1-20(33)34-17-4-5-18-35-22-11-15-31(16-12-22)13-6-14-32-23-7-2-3-8-25(23)36-26-10-9-21(19-24(26)32)27(28,29)30/h2-3,7-10,19,22H,4-6,11-18H2,1H3. The number of halogens is 3. The first-order valence-corrected chi connectivity index (χ1v) is 13.4. The number of esters is 1. The molecule has 0 bridgehead atoms. The van der Waals surface area contributed by atoms with Crippen LogP contribution in [0.3, 0.4) is 0 Å². The van der Waals surface area contributed by atoms with E-state index in [-0.39, 0.29) is 12.1 Å². The normalized spacial score (nSPS) is 16.5. The van der Waals surface area contributed by atoms with Gasteiger partial charge in [0.2, 0.25) is 0 Å². The fourth-order valence-corrected chi connectivity index (χ4v) is 5.74. The van der Waals surface area contributed by atoms with Gasteiger partial charge in [-0.25, -0.2) is 0 Å². The van der Waals surface area contributed by atoms with Crippen LogP contribution in [0.2, 0.25) is 0 Å². The average molecular weight is 523 g/mol. The van der Waals surface area contributed by atoms with Crippen LogP contribution in [0.1, 0.15) is 44.6 Å². The van der Waals surface area contributed by atoms with Crippen molar-refractivity contribution in [3.05, 3.63) is 48.0 Å². The molecule has 0 saturated carbocycles. The molecule has 0 N–H and O–H groups in total. The van der Waals surface area contributed by atoms with Gasteiger partial charge in [-0.3, -0.25) is 4.79 Å². The van der Waals surface area contributed by atoms with Crippen molar-refractivity contribution < 1.29 is 27.4 Å². The third-order valence-electron chi connectivity index (χ3n) is 6.54. The van der Waals surface area contributed by atoms with Crippen molar-refractivity contribution in [1.82, 2.24) is 4.90 Å². The highest BCUT2D eigenvalue weighted by Gasteiger charge is 2.33. The molecule has 2 aliphatic rings. The van der Waals surface area contributed by atoms with E-state index in [0.717, 1.165) is 67.2 Å². The lowest BCUT2D eigenvalue weighted by Crippen LogP contribution is -2.38. The maximum absolute atomic E-state index is 13.4. The van der Waals surface area contributed by atoms with Crippen molar-refractivity contribution in [1.29, 1.82) is 0 Å². The molecule has 0 radical (unpaired) electrons. The molecule has 0 aromatic heterocycles. The lowest BCUT2D eigenvalue weighted by molar-refractivity contribution is -0.141. The number of unbranched alkanes of at least 4 members (excludes halogenated alkanes) is 1. The number of rotatable bonds is 10. The number of piperidine rings is 1. The van der Waals surface area contributed by atoms with Gasteiger partial charge in [-0.15, -0.1) is 0 Å². The average Bonchev–Trinajstić information content (AvgIpc) is 2.85. The summed E-state index contributed by atoms with van der Waals surface area (Å²) in [6.07, 6.45) is 0.391. The van der Waals surface area contributed by atoms with E-state index in [4.69, 9.17) is 9.47 Å². The Hall–Kier alpha value is -2.23. The molecular weight excluding hydrogens is 489 g/mol. The number of anilines is 2. The summed E-state index contributed by atoms with van der Waals surface area (Å²) >= 11 is 1.52. The van der Waals surface area contributed by atoms with Crippen molar-refractivity contribution in [2.45, 2.75) is 61.1 Å². The molecular formula is C27H33F3N2O3S. The highest BCUT2D eigenvalue weighted by Crippen LogP contribution is 2.49. The molecule has 9 heteroatoms. The maximum atomic E-state index is 13.4. The smallest absolute Gasteiger partial charge is 0.416 e. The number of hydrogen-bond donors (Lipinski definition) is 0. The minimum Gasteiger partial charge on any atom is -0.466 e. The molecule has 196 valence electrons. The molecule has 1 fully saturated rings. The molecule has 2 heterocycles. The molecule has 2 aromatic rings. The van der Waals surface area contributed by atoms with E-state index in [1.165, 1.54) is 30.8 Å². The summed E-state index contributed by atoms with van der Waals surface area (Å²) in [5.41, 5.74) is 0.990. The maximum Gasteiger partial charge on any atom is 0.416 e. The van der Waals surface area contributed by atoms with Crippen LogP contribution in [0.25, 0.3) is 0 Å². The van der Waals surface area contributed by atoms with Gasteiger partial charge in [0.1, 0.15) is 0 Å². The van der Waals surface area contributed by atoms with Crippen LogP contribution in [0.15, 0.2) is 52.3 Å². The van der Waals surface area contributed by atoms with E-state index >= 15 is 0 Å². The van der Waals surface area contributed by atoms with Crippen molar-refractivity contribution in [2.24, 2.45) is 0 Å². The van der Waals surface area contributed by atoms with Gasteiger partial charge in [0.05, 0.1) is 29.6 Å². The van der Waals surface area contributed by atoms with Gasteiger partial charge in [-0.2, -0.15) is 13.2 Å². The van der Waals surface area contributed by atoms with E-state index in [9.17, 15) is 18.0 Å². The molecule has 0 spiro atoms. The van der Waals surface area contributed by atoms with E-state index in [0.29, 0.717) is 25.4 Å². The number of para-hydroxylation sites is 1. The second kappa shape index (κ2) is 12.3. The van der Waals surface area contributed by atoms with Crippen molar-refractivity contribution in [3.63, 3.8) is 0 Å². The summed E-state index contributed by atoms with van der Waals surface area (Å²) in [5.74, 6) is -0.248. The molecule has 36 heavy (non-hydrogen) atoms. The number of carbonyl (C=O) groups is 1. The van der Waals surface area contributed by atoms with Gasteiger partial charge in [-0.05, 0) is 69.0 Å². The Morgan fingerprint density at radius 3 is 2.44 bits per heavy atom. The fourth-order valence-electron chi connectivity index (χ4n) is 4.67. The van der Waals surface area contributed by atoms with Crippen LogP contribution in [-0.2, 0) is 20.4 Å². The van der Waals surface area contributed by atoms with Gasteiger partial charge in [0.25, 0.3) is 0 Å². The van der Waals surface area contributed by atoms with Gasteiger partial charge in [-0.1, -0.05) is 23.9 Å². The predicted molar refractivity (Wildman–Crippen MR) is 135 cm³/mol. The molecule has 0 aliphatic carbocycles. The topological polar surface area (TPSA) is 42.0 Å². The third kappa shape index (κ3) is 7.17. The molecule has 5 nitrogen and oxygen atoms in total. The van der Waals surface area contributed by atoms with E-state index in [2.05, 4.69) is 4.90 Å². The number of benzene rings is 2. The second-order valence-electron chi connectivity index (χ2n) is 9.21. The molecule has 0 unspecified atom stereocenters. The minimum atomic E-state index is -4.36. The molecule has 1 saturated heterocycles. The summed E-state index contributed by atoms with van der Waals surface area (Å²) in [4.78, 5) is 17.2. The predicted octanol–water partition coefficient (Wildman–Crippen LogP) is 6.52. The summed E-state index contributed by atoms with van der Waals surface area (Å²) < 4.78 is 51.1. The van der Waals surface area contributed by atoms with E-state index in [1.807, 2.05) is 29.2 Å². The Balaban J connectivity index is 1.26. The lowest BCUT2D eigenvalue weighted by Gasteiger charge is -2.35. The zero-order valence-electron chi connectivity index (χ0n) is 20.6. The molecule has 0 amide bonds. The fraction of sp³-hybridized carbons (Fsp3) is 0.519. The number of fused-ring (bicyclic) bond motifs is 2. The van der Waals surface area contributed by atoms with Crippen LogP contribution in [0, 0.1) is 0 Å². The van der Waals surface area contributed by atoms with Crippen LogP contribution in [0.4, 0.5) is 24.5 Å². The Labute approximate surface area is 214 Å². The first-order chi connectivity index (χ1) is 17.3.